The third-order valence-corrected chi connectivity index (χ3v) is 7.55. The highest BCUT2D eigenvalue weighted by Gasteiger charge is 2.42. The molecule has 2 fully saturated rings. The van der Waals surface area contributed by atoms with Gasteiger partial charge < -0.3 is 36.2 Å². The molecule has 6 atom stereocenters. The Morgan fingerprint density at radius 2 is 1.57 bits per heavy atom. The molecule has 2 aliphatic rings. The van der Waals surface area contributed by atoms with Gasteiger partial charge in [0.15, 0.2) is 29.0 Å². The zero-order chi connectivity index (χ0) is 32.5. The molecule has 3 heterocycles. The number of ether oxygens (including phenoxy) is 1. The molecule has 6 N–H and O–H groups in total. The highest BCUT2D eigenvalue weighted by molar-refractivity contribution is 5.98. The fourth-order valence-corrected chi connectivity index (χ4v) is 4.81. The third-order valence-electron chi connectivity index (χ3n) is 7.55. The van der Waals surface area contributed by atoms with Gasteiger partial charge in [-0.1, -0.05) is 6.92 Å². The maximum Gasteiger partial charge on any atom is 0.274 e. The van der Waals surface area contributed by atoms with Crippen molar-refractivity contribution in [2.24, 2.45) is 11.8 Å². The molecule has 1 aromatic heterocycles. The summed E-state index contributed by atoms with van der Waals surface area (Å²) in [6, 6.07) is -3.64. The minimum atomic E-state index is -2.42. The summed E-state index contributed by atoms with van der Waals surface area (Å²) in [4.78, 5) is 56.6. The number of nitrogens with one attached hydrogen (secondary N) is 4. The van der Waals surface area contributed by atoms with Gasteiger partial charge in [-0.05, 0) is 19.1 Å². The standard InChI is InChI=1S/C27H28F5N5O7/c1-9-23(39)13(6-12-15(28)17(30)19(32)18(31)16(12)29)35-25(41)20(36-27(43)22-14(38)4-3-5-33-22)10(2)34-26(42)21(37-24(9)40)11-7-44-8-11/h3-5,9-11,13,20-21,23,38-39H,6-8H2,1-2H3,(H,34,42)(H,35,41)(H,36,43)(H,37,40). The molecule has 0 spiro atoms. The smallest absolute Gasteiger partial charge is 0.274 e. The molecule has 0 aliphatic carbocycles. The number of benzene rings is 1. The Morgan fingerprint density at radius 3 is 2.14 bits per heavy atom. The number of hydrogen-bond donors (Lipinski definition) is 6. The molecule has 1 aromatic carbocycles. The van der Waals surface area contributed by atoms with Crippen molar-refractivity contribution in [3.63, 3.8) is 0 Å². The van der Waals surface area contributed by atoms with Crippen LogP contribution in [0.5, 0.6) is 5.75 Å². The van der Waals surface area contributed by atoms with Crippen LogP contribution in [0, 0.1) is 40.9 Å². The maximum absolute atomic E-state index is 14.6. The predicted octanol–water partition coefficient (Wildman–Crippen LogP) is -0.0449. The summed E-state index contributed by atoms with van der Waals surface area (Å²) in [6.45, 7) is 2.60. The highest BCUT2D eigenvalue weighted by Crippen LogP contribution is 2.26. The zero-order valence-electron chi connectivity index (χ0n) is 23.2. The van der Waals surface area contributed by atoms with E-state index < -0.39 is 118 Å². The largest absolute Gasteiger partial charge is 0.505 e. The topological polar surface area (TPSA) is 179 Å². The van der Waals surface area contributed by atoms with Gasteiger partial charge in [0.1, 0.15) is 17.8 Å². The van der Waals surface area contributed by atoms with Crippen molar-refractivity contribution in [2.75, 3.05) is 13.2 Å². The van der Waals surface area contributed by atoms with Crippen LogP contribution in [0.15, 0.2) is 18.3 Å². The number of carbonyl (C=O) groups excluding carboxylic acids is 4. The fourth-order valence-electron chi connectivity index (χ4n) is 4.81. The van der Waals surface area contributed by atoms with E-state index in [0.717, 1.165) is 13.0 Å². The lowest BCUT2D eigenvalue weighted by Crippen LogP contribution is -2.65. The van der Waals surface area contributed by atoms with Crippen LogP contribution in [0.1, 0.15) is 29.9 Å². The normalized spacial score (nSPS) is 26.8. The summed E-state index contributed by atoms with van der Waals surface area (Å²) in [6.07, 6.45) is -2.02. The number of pyridine rings is 1. The first kappa shape index (κ1) is 32.5. The summed E-state index contributed by atoms with van der Waals surface area (Å²) in [5.74, 6) is -17.9. The lowest BCUT2D eigenvalue weighted by Gasteiger charge is -2.37. The van der Waals surface area contributed by atoms with Crippen LogP contribution in [0.4, 0.5) is 22.0 Å². The number of amides is 4. The molecule has 238 valence electrons. The van der Waals surface area contributed by atoms with Gasteiger partial charge in [0.2, 0.25) is 23.5 Å². The zero-order valence-corrected chi connectivity index (χ0v) is 23.2. The second-order valence-electron chi connectivity index (χ2n) is 10.6. The molecule has 0 saturated carbocycles. The van der Waals surface area contributed by atoms with Crippen LogP contribution in [-0.4, -0.2) is 82.3 Å². The van der Waals surface area contributed by atoms with Gasteiger partial charge in [-0.3, -0.25) is 19.2 Å². The Morgan fingerprint density at radius 1 is 0.955 bits per heavy atom. The molecule has 17 heteroatoms. The van der Waals surface area contributed by atoms with Crippen LogP contribution < -0.4 is 21.3 Å². The summed E-state index contributed by atoms with van der Waals surface area (Å²) < 4.78 is 76.0. The predicted molar refractivity (Wildman–Crippen MR) is 138 cm³/mol. The molecule has 2 aliphatic heterocycles. The summed E-state index contributed by atoms with van der Waals surface area (Å²) in [5.41, 5.74) is -1.89. The van der Waals surface area contributed by atoms with Crippen LogP contribution in [-0.2, 0) is 25.5 Å². The quantitative estimate of drug-likeness (QED) is 0.152. The van der Waals surface area contributed by atoms with Gasteiger partial charge in [0.25, 0.3) is 5.91 Å². The number of hydrogen-bond acceptors (Lipinski definition) is 8. The lowest BCUT2D eigenvalue weighted by atomic mass is 9.89. The van der Waals surface area contributed by atoms with Crippen molar-refractivity contribution in [2.45, 2.75) is 50.5 Å². The van der Waals surface area contributed by atoms with Crippen molar-refractivity contribution in [1.29, 1.82) is 0 Å². The van der Waals surface area contributed by atoms with E-state index in [1.54, 1.807) is 0 Å². The first-order valence-electron chi connectivity index (χ1n) is 13.3. The summed E-state index contributed by atoms with van der Waals surface area (Å²) >= 11 is 0. The highest BCUT2D eigenvalue weighted by atomic mass is 19.2. The minimum Gasteiger partial charge on any atom is -0.505 e. The molecule has 44 heavy (non-hydrogen) atoms. The van der Waals surface area contributed by atoms with Crippen molar-refractivity contribution in [3.8, 4) is 5.75 Å². The second-order valence-corrected chi connectivity index (χ2v) is 10.6. The Labute approximate surface area is 246 Å². The van der Waals surface area contributed by atoms with Crippen LogP contribution in [0.2, 0.25) is 0 Å². The number of aliphatic hydroxyl groups excluding tert-OH is 1. The number of nitrogens with zero attached hydrogens (tertiary/aromatic N) is 1. The average Bonchev–Trinajstić information content (AvgIpc) is 2.96. The van der Waals surface area contributed by atoms with Gasteiger partial charge in [0.05, 0.1) is 37.3 Å². The monoisotopic (exact) mass is 629 g/mol. The number of aromatic hydroxyl groups is 1. The second kappa shape index (κ2) is 13.1. The Bertz CT molecular complexity index is 1450. The van der Waals surface area contributed by atoms with Crippen LogP contribution >= 0.6 is 0 Å². The summed E-state index contributed by atoms with van der Waals surface area (Å²) in [5, 5.41) is 30.6. The maximum atomic E-state index is 14.6. The molecule has 4 amide bonds. The van der Waals surface area contributed by atoms with E-state index in [4.69, 9.17) is 4.74 Å². The Kier molecular flexibility index (Phi) is 9.68. The van der Waals surface area contributed by atoms with Crippen molar-refractivity contribution >= 4 is 23.6 Å². The molecule has 12 nitrogen and oxygen atoms in total. The van der Waals surface area contributed by atoms with E-state index in [1.165, 1.54) is 19.2 Å². The van der Waals surface area contributed by atoms with Gasteiger partial charge in [-0.2, -0.15) is 0 Å². The summed E-state index contributed by atoms with van der Waals surface area (Å²) in [7, 11) is 0. The molecular formula is C27H28F5N5O7. The minimum absolute atomic E-state index is 0.0756. The molecule has 4 rings (SSSR count). The number of aromatic nitrogens is 1. The molecule has 2 saturated heterocycles. The van der Waals surface area contributed by atoms with E-state index >= 15 is 0 Å². The average molecular weight is 630 g/mol. The number of halogens is 5. The Hall–Kier alpha value is -4.38. The fraction of sp³-hybridized carbons (Fsp3) is 0.444. The molecule has 0 bridgehead atoms. The first-order valence-corrected chi connectivity index (χ1v) is 13.3. The van der Waals surface area contributed by atoms with Crippen LogP contribution in [0.25, 0.3) is 0 Å². The van der Waals surface area contributed by atoms with Crippen molar-refractivity contribution in [3.05, 3.63) is 58.7 Å². The van der Waals surface area contributed by atoms with E-state index in [0.29, 0.717) is 0 Å². The molecule has 0 radical (unpaired) electrons. The van der Waals surface area contributed by atoms with Gasteiger partial charge in [-0.15, -0.1) is 0 Å². The molecular weight excluding hydrogens is 601 g/mol. The van der Waals surface area contributed by atoms with E-state index in [2.05, 4.69) is 26.3 Å². The number of aliphatic hydroxyl groups is 1. The first-order chi connectivity index (χ1) is 20.7. The van der Waals surface area contributed by atoms with E-state index in [-0.39, 0.29) is 13.2 Å². The Balaban J connectivity index is 1.75. The lowest BCUT2D eigenvalue weighted by molar-refractivity contribution is -0.141. The number of carbonyl (C=O) groups is 4. The third kappa shape index (κ3) is 6.42. The molecule has 2 aromatic rings. The molecule has 6 unspecified atom stereocenters. The van der Waals surface area contributed by atoms with Gasteiger partial charge in [0, 0.05) is 24.1 Å². The van der Waals surface area contributed by atoms with E-state index in [9.17, 15) is 51.3 Å². The van der Waals surface area contributed by atoms with Crippen LogP contribution in [0.3, 0.4) is 0 Å². The van der Waals surface area contributed by atoms with Gasteiger partial charge >= 0.3 is 0 Å². The van der Waals surface area contributed by atoms with Crippen molar-refractivity contribution < 1.29 is 56.1 Å². The van der Waals surface area contributed by atoms with Crippen molar-refractivity contribution in [1.82, 2.24) is 26.3 Å². The number of rotatable bonds is 5. The van der Waals surface area contributed by atoms with Gasteiger partial charge in [-0.25, -0.2) is 26.9 Å². The van der Waals surface area contributed by atoms with E-state index in [1.807, 2.05) is 0 Å². The SMILES string of the molecule is CC1NC(=O)C(C2COC2)NC(=O)C(C)C(O)C(Cc2c(F)c(F)c(F)c(F)c2F)NC(=O)C1NC(=O)c1ncccc1O.